The maximum atomic E-state index is 12.6. The van der Waals surface area contributed by atoms with Crippen LogP contribution in [0.4, 0.5) is 0 Å². The van der Waals surface area contributed by atoms with Crippen molar-refractivity contribution in [1.82, 2.24) is 0 Å². The van der Waals surface area contributed by atoms with Crippen LogP contribution in [0.5, 0.6) is 0 Å². The number of aliphatic carboxylic acids is 1. The Balaban J connectivity index is 1.53. The molecule has 152 valence electrons. The minimum Gasteiger partial charge on any atom is -0.481 e. The normalized spacial score (nSPS) is 46.6. The van der Waals surface area contributed by atoms with Gasteiger partial charge in [-0.25, -0.2) is 0 Å². The minimum absolute atomic E-state index is 0.0515. The summed E-state index contributed by atoms with van der Waals surface area (Å²) in [4.78, 5) is 24.5. The smallest absolute Gasteiger partial charge is 0.307 e. The van der Waals surface area contributed by atoms with Crippen LogP contribution in [-0.2, 0) is 19.1 Å². The van der Waals surface area contributed by atoms with Crippen LogP contribution in [0.15, 0.2) is 23.2 Å². The number of carboxylic acids is 1. The van der Waals surface area contributed by atoms with E-state index in [0.717, 1.165) is 44.3 Å². The monoisotopic (exact) mass is 386 g/mol. The zero-order valence-corrected chi connectivity index (χ0v) is 17.0. The number of carbonyl (C=O) groups is 2. The maximum absolute atomic E-state index is 12.6. The van der Waals surface area contributed by atoms with E-state index in [0.29, 0.717) is 29.9 Å². The number of hydrogen-bond donors (Lipinski definition) is 1. The van der Waals surface area contributed by atoms with Crippen LogP contribution in [0.1, 0.15) is 65.7 Å². The predicted octanol–water partition coefficient (Wildman–Crippen LogP) is 4.43. The molecule has 3 fully saturated rings. The SMILES string of the molecule is CCC1OC2=C(O1)[C@@]1(C)C(=CC2=O)CC[C@@H]2[C@@H]1CC[C@]1(C)[C@@H](C(=O)O)CC[C@@H]21. The molecule has 4 aliphatic carbocycles. The molecule has 3 saturated carbocycles. The average molecular weight is 386 g/mol. The molecular formula is C23H30O5. The molecule has 0 saturated heterocycles. The summed E-state index contributed by atoms with van der Waals surface area (Å²) < 4.78 is 12.1. The third-order valence-corrected chi connectivity index (χ3v) is 8.93. The molecule has 1 unspecified atom stereocenters. The molecule has 1 N–H and O–H groups in total. The summed E-state index contributed by atoms with van der Waals surface area (Å²) in [6.45, 7) is 6.46. The zero-order valence-electron chi connectivity index (χ0n) is 17.0. The Hall–Kier alpha value is -1.78. The van der Waals surface area contributed by atoms with Gasteiger partial charge in [0.1, 0.15) is 0 Å². The fourth-order valence-corrected chi connectivity index (χ4v) is 7.48. The van der Waals surface area contributed by atoms with Gasteiger partial charge in [0.15, 0.2) is 5.76 Å². The molecule has 1 heterocycles. The maximum Gasteiger partial charge on any atom is 0.307 e. The summed E-state index contributed by atoms with van der Waals surface area (Å²) >= 11 is 0. The lowest BCUT2D eigenvalue weighted by atomic mass is 9.47. The van der Waals surface area contributed by atoms with Gasteiger partial charge in [-0.1, -0.05) is 19.4 Å². The molecule has 1 aliphatic heterocycles. The molecular weight excluding hydrogens is 356 g/mol. The lowest BCUT2D eigenvalue weighted by Crippen LogP contribution is -2.51. The first-order valence-corrected chi connectivity index (χ1v) is 10.9. The van der Waals surface area contributed by atoms with E-state index in [1.165, 1.54) is 5.57 Å². The lowest BCUT2D eigenvalue weighted by molar-refractivity contribution is -0.149. The number of carboxylic acid groups (broad SMARTS) is 1. The Morgan fingerprint density at radius 3 is 2.68 bits per heavy atom. The van der Waals surface area contributed by atoms with Crippen molar-refractivity contribution in [2.75, 3.05) is 0 Å². The quantitative estimate of drug-likeness (QED) is 0.760. The standard InChI is InChI=1S/C23H30O5/c1-4-18-27-19-17(24)11-12-5-6-13-14-7-8-16(21(25)26)22(14,2)10-9-15(13)23(12,3)20(19)28-18/h11,13-16,18H,4-10H2,1-3H3,(H,25,26)/t13-,14-,15-,16+,18?,22-,23-/m0/s1. The Morgan fingerprint density at radius 1 is 1.18 bits per heavy atom. The average Bonchev–Trinajstić information content (AvgIpc) is 3.25. The number of hydrogen-bond acceptors (Lipinski definition) is 4. The molecule has 5 nitrogen and oxygen atoms in total. The highest BCUT2D eigenvalue weighted by atomic mass is 16.7. The van der Waals surface area contributed by atoms with Gasteiger partial charge in [-0.3, -0.25) is 9.59 Å². The van der Waals surface area contributed by atoms with E-state index >= 15 is 0 Å². The number of ketones is 1. The van der Waals surface area contributed by atoms with Crippen LogP contribution in [-0.4, -0.2) is 23.1 Å². The summed E-state index contributed by atoms with van der Waals surface area (Å²) in [5.41, 5.74) is 0.790. The van der Waals surface area contributed by atoms with Crippen molar-refractivity contribution in [3.05, 3.63) is 23.2 Å². The van der Waals surface area contributed by atoms with Crippen molar-refractivity contribution in [1.29, 1.82) is 0 Å². The van der Waals surface area contributed by atoms with Crippen molar-refractivity contribution >= 4 is 11.8 Å². The van der Waals surface area contributed by atoms with Gasteiger partial charge in [-0.05, 0) is 74.7 Å². The molecule has 0 bridgehead atoms. The van der Waals surface area contributed by atoms with Gasteiger partial charge in [0.05, 0.1) is 11.3 Å². The number of ether oxygens (including phenoxy) is 2. The topological polar surface area (TPSA) is 72.8 Å². The van der Waals surface area contributed by atoms with Gasteiger partial charge in [0.2, 0.25) is 17.8 Å². The fourth-order valence-electron chi connectivity index (χ4n) is 7.48. The van der Waals surface area contributed by atoms with Gasteiger partial charge in [0, 0.05) is 6.42 Å². The molecule has 0 aromatic rings. The van der Waals surface area contributed by atoms with E-state index in [1.807, 2.05) is 6.92 Å². The molecule has 5 heteroatoms. The molecule has 0 amide bonds. The fraction of sp³-hybridized carbons (Fsp3) is 0.739. The molecule has 0 aromatic heterocycles. The first-order chi connectivity index (χ1) is 13.3. The molecule has 0 radical (unpaired) electrons. The summed E-state index contributed by atoms with van der Waals surface area (Å²) in [6.07, 6.45) is 7.81. The second-order valence-electron chi connectivity index (χ2n) is 9.90. The predicted molar refractivity (Wildman–Crippen MR) is 102 cm³/mol. The van der Waals surface area contributed by atoms with Crippen LogP contribution in [0.25, 0.3) is 0 Å². The second-order valence-corrected chi connectivity index (χ2v) is 9.90. The summed E-state index contributed by atoms with van der Waals surface area (Å²) in [5, 5.41) is 9.77. The molecule has 0 spiro atoms. The van der Waals surface area contributed by atoms with Crippen LogP contribution in [0.3, 0.4) is 0 Å². The zero-order chi connectivity index (χ0) is 19.8. The van der Waals surface area contributed by atoms with Gasteiger partial charge in [0.25, 0.3) is 0 Å². The van der Waals surface area contributed by atoms with Crippen LogP contribution in [0.2, 0.25) is 0 Å². The van der Waals surface area contributed by atoms with Crippen LogP contribution >= 0.6 is 0 Å². The first kappa shape index (κ1) is 18.3. The van der Waals surface area contributed by atoms with E-state index in [1.54, 1.807) is 6.08 Å². The highest BCUT2D eigenvalue weighted by molar-refractivity contribution is 6.05. The largest absolute Gasteiger partial charge is 0.481 e. The molecule has 0 aromatic carbocycles. The lowest BCUT2D eigenvalue weighted by Gasteiger charge is -2.57. The highest BCUT2D eigenvalue weighted by Gasteiger charge is 2.63. The van der Waals surface area contributed by atoms with Crippen molar-refractivity contribution in [2.45, 2.75) is 72.0 Å². The third-order valence-electron chi connectivity index (χ3n) is 8.93. The molecule has 28 heavy (non-hydrogen) atoms. The van der Waals surface area contributed by atoms with E-state index in [9.17, 15) is 14.7 Å². The third kappa shape index (κ3) is 2.13. The Morgan fingerprint density at radius 2 is 1.96 bits per heavy atom. The summed E-state index contributed by atoms with van der Waals surface area (Å²) in [5.74, 6) is 1.59. The van der Waals surface area contributed by atoms with E-state index in [4.69, 9.17) is 9.47 Å². The minimum atomic E-state index is -0.627. The number of rotatable bonds is 2. The number of carbonyl (C=O) groups excluding carboxylic acids is 1. The van der Waals surface area contributed by atoms with Crippen LogP contribution < -0.4 is 0 Å². The molecule has 7 atom stereocenters. The van der Waals surface area contributed by atoms with Crippen molar-refractivity contribution in [2.24, 2.45) is 34.5 Å². The van der Waals surface area contributed by atoms with Crippen molar-refractivity contribution in [3.8, 4) is 0 Å². The number of allylic oxidation sites excluding steroid dienone is 2. The summed E-state index contributed by atoms with van der Waals surface area (Å²) in [7, 11) is 0. The Bertz CT molecular complexity index is 810. The number of fused-ring (bicyclic) bond motifs is 6. The summed E-state index contributed by atoms with van der Waals surface area (Å²) in [6, 6.07) is 0. The highest BCUT2D eigenvalue weighted by Crippen LogP contribution is 2.68. The van der Waals surface area contributed by atoms with Crippen molar-refractivity contribution < 1.29 is 24.2 Å². The van der Waals surface area contributed by atoms with E-state index in [2.05, 4.69) is 13.8 Å². The second kappa shape index (κ2) is 5.87. The Labute approximate surface area is 166 Å². The first-order valence-electron chi connectivity index (χ1n) is 10.9. The van der Waals surface area contributed by atoms with E-state index in [-0.39, 0.29) is 28.8 Å². The Kier molecular flexibility index (Phi) is 3.83. The van der Waals surface area contributed by atoms with Crippen molar-refractivity contribution in [3.63, 3.8) is 0 Å². The molecule has 5 rings (SSSR count). The van der Waals surface area contributed by atoms with Gasteiger partial charge in [-0.2, -0.15) is 0 Å². The van der Waals surface area contributed by atoms with E-state index < -0.39 is 5.97 Å². The van der Waals surface area contributed by atoms with Gasteiger partial charge >= 0.3 is 5.97 Å². The van der Waals surface area contributed by atoms with Crippen LogP contribution in [0, 0.1) is 34.5 Å². The molecule has 5 aliphatic rings. The van der Waals surface area contributed by atoms with Gasteiger partial charge < -0.3 is 14.6 Å². The van der Waals surface area contributed by atoms with Gasteiger partial charge in [-0.15, -0.1) is 0 Å².